The van der Waals surface area contributed by atoms with E-state index in [1.54, 1.807) is 18.2 Å². The fourth-order valence-corrected chi connectivity index (χ4v) is 1.48. The Morgan fingerprint density at radius 3 is 2.55 bits per heavy atom. The highest BCUT2D eigenvalue weighted by molar-refractivity contribution is 8.21. The van der Waals surface area contributed by atoms with Gasteiger partial charge in [-0.25, -0.2) is 5.21 Å². The van der Waals surface area contributed by atoms with E-state index in [1.807, 2.05) is 0 Å². The molecule has 1 rings (SSSR count). The lowest BCUT2D eigenvalue weighted by atomic mass is 10.3. The number of quaternary nitrogens is 1. The maximum absolute atomic E-state index is 10.5. The van der Waals surface area contributed by atoms with E-state index in [2.05, 4.69) is 0 Å². The van der Waals surface area contributed by atoms with E-state index in [9.17, 15) is 5.21 Å². The summed E-state index contributed by atoms with van der Waals surface area (Å²) >= 11 is 0. The van der Waals surface area contributed by atoms with Crippen molar-refractivity contribution >= 4 is 27.3 Å². The minimum atomic E-state index is -0.950. The summed E-state index contributed by atoms with van der Waals surface area (Å²) in [4.78, 5) is 0.571. The SMILES string of the molecule is [O-][NH+](O)c1ccccc1SCl. The zero-order valence-electron chi connectivity index (χ0n) is 5.45. The molecule has 0 saturated carbocycles. The Labute approximate surface area is 72.6 Å². The lowest BCUT2D eigenvalue weighted by Gasteiger charge is -2.13. The van der Waals surface area contributed by atoms with Crippen LogP contribution in [0.25, 0.3) is 0 Å². The molecule has 0 aliphatic carbocycles. The average Bonchev–Trinajstić information content (AvgIpc) is 2.04. The fourth-order valence-electron chi connectivity index (χ4n) is 0.711. The largest absolute Gasteiger partial charge is 0.595 e. The summed E-state index contributed by atoms with van der Waals surface area (Å²) < 4.78 is 0. The van der Waals surface area contributed by atoms with E-state index in [4.69, 9.17) is 15.9 Å². The third-order valence-corrected chi connectivity index (χ3v) is 2.22. The first-order valence-corrected chi connectivity index (χ1v) is 4.51. The third-order valence-electron chi connectivity index (χ3n) is 1.20. The first kappa shape index (κ1) is 8.83. The summed E-state index contributed by atoms with van der Waals surface area (Å²) in [7, 11) is 6.34. The predicted octanol–water partition coefficient (Wildman–Crippen LogP) is 1.34. The van der Waals surface area contributed by atoms with Crippen molar-refractivity contribution < 1.29 is 10.4 Å². The van der Waals surface area contributed by atoms with Crippen molar-refractivity contribution in [1.82, 2.24) is 0 Å². The molecular formula is C6H6ClNO2S. The van der Waals surface area contributed by atoms with Gasteiger partial charge in [0.1, 0.15) is 0 Å². The summed E-state index contributed by atoms with van der Waals surface area (Å²) in [6, 6.07) is 6.60. The monoisotopic (exact) mass is 191 g/mol. The van der Waals surface area contributed by atoms with E-state index in [0.29, 0.717) is 4.90 Å². The normalized spacial score (nSPS) is 13.0. The van der Waals surface area contributed by atoms with Gasteiger partial charge < -0.3 is 5.21 Å². The molecule has 2 N–H and O–H groups in total. The second kappa shape index (κ2) is 3.94. The first-order chi connectivity index (χ1) is 5.25. The number of halogens is 1. The standard InChI is InChI=1S/C6H6ClNO2S/c7-11-6-4-2-1-3-5(6)8(9)10/h1-4,8-9H. The second-order valence-electron chi connectivity index (χ2n) is 1.88. The molecule has 0 aliphatic rings. The molecule has 11 heavy (non-hydrogen) atoms. The minimum Gasteiger partial charge on any atom is -0.595 e. The highest BCUT2D eigenvalue weighted by atomic mass is 35.7. The molecule has 0 spiro atoms. The van der Waals surface area contributed by atoms with Crippen LogP contribution in [0.4, 0.5) is 5.69 Å². The van der Waals surface area contributed by atoms with Gasteiger partial charge in [0.15, 0.2) is 5.69 Å². The van der Waals surface area contributed by atoms with Crippen molar-refractivity contribution in [2.45, 2.75) is 4.90 Å². The molecule has 1 aromatic rings. The summed E-state index contributed by atoms with van der Waals surface area (Å²) in [5.41, 5.74) is 0.243. The molecule has 1 atom stereocenters. The van der Waals surface area contributed by atoms with Gasteiger partial charge >= 0.3 is 0 Å². The molecule has 0 saturated heterocycles. The van der Waals surface area contributed by atoms with Crippen LogP contribution in [-0.2, 0) is 0 Å². The minimum absolute atomic E-state index is 0.243. The molecule has 0 fully saturated rings. The lowest BCUT2D eigenvalue weighted by Crippen LogP contribution is -2.99. The van der Waals surface area contributed by atoms with Gasteiger partial charge in [0.05, 0.1) is 4.90 Å². The van der Waals surface area contributed by atoms with Crippen LogP contribution >= 0.6 is 21.7 Å². The number of nitrogens with one attached hydrogen (secondary N) is 1. The van der Waals surface area contributed by atoms with Crippen molar-refractivity contribution in [1.29, 1.82) is 0 Å². The molecule has 0 amide bonds. The van der Waals surface area contributed by atoms with Gasteiger partial charge in [-0.1, -0.05) is 12.1 Å². The van der Waals surface area contributed by atoms with Crippen molar-refractivity contribution in [3.05, 3.63) is 29.5 Å². The van der Waals surface area contributed by atoms with Gasteiger partial charge in [-0.2, -0.15) is 5.23 Å². The molecule has 0 heterocycles. The molecule has 0 aliphatic heterocycles. The van der Waals surface area contributed by atoms with Crippen LogP contribution in [0.2, 0.25) is 0 Å². The van der Waals surface area contributed by atoms with E-state index in [1.165, 1.54) is 6.07 Å². The number of benzene rings is 1. The Kier molecular flexibility index (Phi) is 3.16. The van der Waals surface area contributed by atoms with Gasteiger partial charge in [0, 0.05) is 6.07 Å². The zero-order valence-corrected chi connectivity index (χ0v) is 7.02. The van der Waals surface area contributed by atoms with Crippen molar-refractivity contribution in [2.75, 3.05) is 0 Å². The molecular weight excluding hydrogens is 186 g/mol. The van der Waals surface area contributed by atoms with Crippen molar-refractivity contribution in [2.24, 2.45) is 0 Å². The smallest absolute Gasteiger partial charge is 0.178 e. The van der Waals surface area contributed by atoms with Crippen LogP contribution in [0.15, 0.2) is 29.2 Å². The highest BCUT2D eigenvalue weighted by Gasteiger charge is 2.06. The van der Waals surface area contributed by atoms with Crippen molar-refractivity contribution in [3.63, 3.8) is 0 Å². The Morgan fingerprint density at radius 1 is 1.45 bits per heavy atom. The van der Waals surface area contributed by atoms with Crippen LogP contribution in [-0.4, -0.2) is 5.21 Å². The second-order valence-corrected chi connectivity index (χ2v) is 2.94. The number of hydrogen-bond acceptors (Lipinski definition) is 3. The number of hydrogen-bond donors (Lipinski definition) is 2. The van der Waals surface area contributed by atoms with Gasteiger partial charge in [-0.15, -0.1) is 0 Å². The number of para-hydroxylation sites is 1. The maximum atomic E-state index is 10.5. The Morgan fingerprint density at radius 2 is 2.09 bits per heavy atom. The number of rotatable bonds is 2. The van der Waals surface area contributed by atoms with Crippen molar-refractivity contribution in [3.8, 4) is 0 Å². The van der Waals surface area contributed by atoms with Crippen LogP contribution in [0.3, 0.4) is 0 Å². The summed E-state index contributed by atoms with van der Waals surface area (Å²) in [6.07, 6.45) is 0. The van der Waals surface area contributed by atoms with Crippen LogP contribution in [0.5, 0.6) is 0 Å². The van der Waals surface area contributed by atoms with Crippen LogP contribution in [0, 0.1) is 5.21 Å². The van der Waals surface area contributed by atoms with Crippen LogP contribution in [0.1, 0.15) is 0 Å². The molecule has 0 aromatic heterocycles. The average molecular weight is 192 g/mol. The van der Waals surface area contributed by atoms with Gasteiger partial charge in [-0.05, 0) is 27.7 Å². The van der Waals surface area contributed by atoms with E-state index >= 15 is 0 Å². The van der Waals surface area contributed by atoms with Gasteiger partial charge in [0.25, 0.3) is 0 Å². The van der Waals surface area contributed by atoms with E-state index < -0.39 is 5.23 Å². The van der Waals surface area contributed by atoms with Gasteiger partial charge in [-0.3, -0.25) is 0 Å². The summed E-state index contributed by atoms with van der Waals surface area (Å²) in [5, 5.41) is 18.2. The molecule has 1 unspecified atom stereocenters. The maximum Gasteiger partial charge on any atom is 0.178 e. The lowest BCUT2D eigenvalue weighted by molar-refractivity contribution is -0.992. The zero-order chi connectivity index (χ0) is 8.27. The topological polar surface area (TPSA) is 47.7 Å². The highest BCUT2D eigenvalue weighted by Crippen LogP contribution is 2.26. The fraction of sp³-hybridized carbons (Fsp3) is 0. The molecule has 0 bridgehead atoms. The molecule has 3 nitrogen and oxygen atoms in total. The molecule has 0 radical (unpaired) electrons. The quantitative estimate of drug-likeness (QED) is 0.694. The third kappa shape index (κ3) is 2.08. The molecule has 1 aromatic carbocycles. The molecule has 5 heteroatoms. The Hall–Kier alpha value is -0.260. The Balaban J connectivity index is 3.02. The predicted molar refractivity (Wildman–Crippen MR) is 43.9 cm³/mol. The summed E-state index contributed by atoms with van der Waals surface area (Å²) in [6.45, 7) is 0. The van der Waals surface area contributed by atoms with Crippen LogP contribution < -0.4 is 5.23 Å². The summed E-state index contributed by atoms with van der Waals surface area (Å²) in [5.74, 6) is 0. The first-order valence-electron chi connectivity index (χ1n) is 2.86. The molecule has 60 valence electrons. The van der Waals surface area contributed by atoms with E-state index in [-0.39, 0.29) is 5.69 Å². The van der Waals surface area contributed by atoms with E-state index in [0.717, 1.165) is 11.0 Å². The Bertz CT molecular complexity index is 244. The van der Waals surface area contributed by atoms with Gasteiger partial charge in [0.2, 0.25) is 0 Å².